The van der Waals surface area contributed by atoms with Crippen LogP contribution in [0.15, 0.2) is 22.7 Å². The van der Waals surface area contributed by atoms with Crippen molar-refractivity contribution >= 4 is 15.9 Å². The predicted molar refractivity (Wildman–Crippen MR) is 74.2 cm³/mol. The molecule has 2 rings (SSSR count). The van der Waals surface area contributed by atoms with E-state index in [-0.39, 0.29) is 6.04 Å². The molecule has 94 valence electrons. The van der Waals surface area contributed by atoms with Gasteiger partial charge in [-0.1, -0.05) is 18.9 Å². The van der Waals surface area contributed by atoms with Crippen LogP contribution in [0, 0.1) is 5.92 Å². The first kappa shape index (κ1) is 12.9. The van der Waals surface area contributed by atoms with E-state index in [1.165, 1.54) is 25.7 Å². The molecule has 0 spiro atoms. The van der Waals surface area contributed by atoms with Crippen molar-refractivity contribution in [3.63, 3.8) is 0 Å². The second-order valence-electron chi connectivity index (χ2n) is 4.94. The molecule has 1 saturated carbocycles. The smallest absolute Gasteiger partial charge is 0.133 e. The molecular formula is C14H20BrNO. The number of rotatable bonds is 4. The summed E-state index contributed by atoms with van der Waals surface area (Å²) in [6.07, 6.45) is 5.35. The molecule has 2 nitrogen and oxygen atoms in total. The standard InChI is InChI=1S/C14H20BrNO/c1-10(16)12-6-7-14(13(15)8-12)17-9-11-4-2-3-5-11/h6-8,10-11H,2-5,9,16H2,1H3. The molecule has 0 radical (unpaired) electrons. The Kier molecular flexibility index (Phi) is 4.46. The van der Waals surface area contributed by atoms with Crippen LogP contribution in [0.25, 0.3) is 0 Å². The van der Waals surface area contributed by atoms with Crippen molar-refractivity contribution in [2.45, 2.75) is 38.6 Å². The molecule has 0 aliphatic heterocycles. The molecule has 3 heteroatoms. The summed E-state index contributed by atoms with van der Waals surface area (Å²) in [5.74, 6) is 1.68. The number of hydrogen-bond donors (Lipinski definition) is 1. The lowest BCUT2D eigenvalue weighted by Gasteiger charge is -2.14. The highest BCUT2D eigenvalue weighted by molar-refractivity contribution is 9.10. The van der Waals surface area contributed by atoms with E-state index in [0.717, 1.165) is 28.3 Å². The third-order valence-electron chi connectivity index (χ3n) is 3.43. The molecule has 1 aromatic carbocycles. The van der Waals surface area contributed by atoms with Gasteiger partial charge in [-0.3, -0.25) is 0 Å². The number of hydrogen-bond acceptors (Lipinski definition) is 2. The van der Waals surface area contributed by atoms with E-state index in [1.54, 1.807) is 0 Å². The molecule has 17 heavy (non-hydrogen) atoms. The van der Waals surface area contributed by atoms with Crippen LogP contribution in [0.5, 0.6) is 5.75 Å². The molecule has 1 aromatic rings. The topological polar surface area (TPSA) is 35.2 Å². The second kappa shape index (κ2) is 5.87. The maximum Gasteiger partial charge on any atom is 0.133 e. The van der Waals surface area contributed by atoms with Gasteiger partial charge in [0.15, 0.2) is 0 Å². The summed E-state index contributed by atoms with van der Waals surface area (Å²) >= 11 is 3.54. The van der Waals surface area contributed by atoms with Crippen LogP contribution in [0.3, 0.4) is 0 Å². The van der Waals surface area contributed by atoms with Crippen molar-refractivity contribution < 1.29 is 4.74 Å². The van der Waals surface area contributed by atoms with Crippen LogP contribution < -0.4 is 10.5 Å². The van der Waals surface area contributed by atoms with Crippen molar-refractivity contribution in [1.82, 2.24) is 0 Å². The summed E-state index contributed by atoms with van der Waals surface area (Å²) in [5, 5.41) is 0. The molecule has 1 unspecified atom stereocenters. The third kappa shape index (κ3) is 3.46. The summed E-state index contributed by atoms with van der Waals surface area (Å²) < 4.78 is 6.87. The van der Waals surface area contributed by atoms with Crippen LogP contribution in [-0.4, -0.2) is 6.61 Å². The van der Waals surface area contributed by atoms with E-state index < -0.39 is 0 Å². The molecule has 1 aliphatic rings. The minimum Gasteiger partial charge on any atom is -0.492 e. The fourth-order valence-corrected chi connectivity index (χ4v) is 2.81. The van der Waals surface area contributed by atoms with Crippen LogP contribution in [0.1, 0.15) is 44.2 Å². The molecular weight excluding hydrogens is 278 g/mol. The summed E-state index contributed by atoms with van der Waals surface area (Å²) in [4.78, 5) is 0. The number of halogens is 1. The third-order valence-corrected chi connectivity index (χ3v) is 4.05. The van der Waals surface area contributed by atoms with Crippen molar-refractivity contribution in [3.05, 3.63) is 28.2 Å². The van der Waals surface area contributed by atoms with Gasteiger partial charge < -0.3 is 10.5 Å². The van der Waals surface area contributed by atoms with E-state index in [2.05, 4.69) is 22.0 Å². The van der Waals surface area contributed by atoms with Crippen molar-refractivity contribution in [3.8, 4) is 5.75 Å². The van der Waals surface area contributed by atoms with Gasteiger partial charge in [-0.05, 0) is 59.3 Å². The molecule has 0 saturated heterocycles. The van der Waals surface area contributed by atoms with Gasteiger partial charge in [-0.25, -0.2) is 0 Å². The van der Waals surface area contributed by atoms with Gasteiger partial charge in [0.2, 0.25) is 0 Å². The Morgan fingerprint density at radius 3 is 2.71 bits per heavy atom. The highest BCUT2D eigenvalue weighted by atomic mass is 79.9. The Labute approximate surface area is 112 Å². The number of ether oxygens (including phenoxy) is 1. The maximum atomic E-state index is 5.87. The predicted octanol–water partition coefficient (Wildman–Crippen LogP) is 4.04. The Hall–Kier alpha value is -0.540. The van der Waals surface area contributed by atoms with Gasteiger partial charge in [0, 0.05) is 6.04 Å². The summed E-state index contributed by atoms with van der Waals surface area (Å²) in [7, 11) is 0. The Bertz CT molecular complexity index is 372. The molecule has 2 N–H and O–H groups in total. The van der Waals surface area contributed by atoms with E-state index in [4.69, 9.17) is 10.5 Å². The SMILES string of the molecule is CC(N)c1ccc(OCC2CCCC2)c(Br)c1. The molecule has 1 aliphatic carbocycles. The fraction of sp³-hybridized carbons (Fsp3) is 0.571. The molecule has 0 bridgehead atoms. The molecule has 1 fully saturated rings. The first-order valence-corrected chi connectivity index (χ1v) is 7.14. The van der Waals surface area contributed by atoms with E-state index >= 15 is 0 Å². The van der Waals surface area contributed by atoms with Gasteiger partial charge in [0.05, 0.1) is 11.1 Å². The number of benzene rings is 1. The van der Waals surface area contributed by atoms with E-state index in [1.807, 2.05) is 19.1 Å². The largest absolute Gasteiger partial charge is 0.492 e. The fourth-order valence-electron chi connectivity index (χ4n) is 2.30. The van der Waals surface area contributed by atoms with E-state index in [9.17, 15) is 0 Å². The van der Waals surface area contributed by atoms with Crippen LogP contribution in [0.2, 0.25) is 0 Å². The van der Waals surface area contributed by atoms with Gasteiger partial charge in [0.25, 0.3) is 0 Å². The van der Waals surface area contributed by atoms with Crippen molar-refractivity contribution in [1.29, 1.82) is 0 Å². The minimum atomic E-state index is 0.0650. The van der Waals surface area contributed by atoms with Gasteiger partial charge in [-0.2, -0.15) is 0 Å². The Balaban J connectivity index is 1.96. The second-order valence-corrected chi connectivity index (χ2v) is 5.79. The average molecular weight is 298 g/mol. The lowest BCUT2D eigenvalue weighted by molar-refractivity contribution is 0.250. The van der Waals surface area contributed by atoms with Gasteiger partial charge >= 0.3 is 0 Å². The average Bonchev–Trinajstić information content (AvgIpc) is 2.80. The van der Waals surface area contributed by atoms with Crippen LogP contribution in [-0.2, 0) is 0 Å². The highest BCUT2D eigenvalue weighted by Crippen LogP contribution is 2.30. The summed E-state index contributed by atoms with van der Waals surface area (Å²) in [5.41, 5.74) is 6.97. The lowest BCUT2D eigenvalue weighted by atomic mass is 10.1. The Morgan fingerprint density at radius 1 is 1.41 bits per heavy atom. The first-order valence-electron chi connectivity index (χ1n) is 6.34. The monoisotopic (exact) mass is 297 g/mol. The molecule has 0 amide bonds. The van der Waals surface area contributed by atoms with Crippen LogP contribution >= 0.6 is 15.9 Å². The van der Waals surface area contributed by atoms with Crippen LogP contribution in [0.4, 0.5) is 0 Å². The summed E-state index contributed by atoms with van der Waals surface area (Å²) in [6, 6.07) is 6.17. The van der Waals surface area contributed by atoms with Crippen molar-refractivity contribution in [2.24, 2.45) is 11.7 Å². The van der Waals surface area contributed by atoms with Gasteiger partial charge in [0.1, 0.15) is 5.75 Å². The zero-order chi connectivity index (χ0) is 12.3. The van der Waals surface area contributed by atoms with Crippen molar-refractivity contribution in [2.75, 3.05) is 6.61 Å². The maximum absolute atomic E-state index is 5.87. The highest BCUT2D eigenvalue weighted by Gasteiger charge is 2.16. The Morgan fingerprint density at radius 2 is 2.12 bits per heavy atom. The molecule has 1 atom stereocenters. The molecule has 0 aromatic heterocycles. The zero-order valence-corrected chi connectivity index (χ0v) is 11.9. The lowest BCUT2D eigenvalue weighted by Crippen LogP contribution is -2.09. The number of nitrogens with two attached hydrogens (primary N) is 1. The quantitative estimate of drug-likeness (QED) is 0.910. The normalized spacial score (nSPS) is 18.3. The minimum absolute atomic E-state index is 0.0650. The molecule has 0 heterocycles. The zero-order valence-electron chi connectivity index (χ0n) is 10.3. The first-order chi connectivity index (χ1) is 8.16. The van der Waals surface area contributed by atoms with Gasteiger partial charge in [-0.15, -0.1) is 0 Å². The summed E-state index contributed by atoms with van der Waals surface area (Å²) in [6.45, 7) is 2.83. The van der Waals surface area contributed by atoms with E-state index in [0.29, 0.717) is 0 Å².